The zero-order valence-corrected chi connectivity index (χ0v) is 15.2. The Bertz CT molecular complexity index is 977. The van der Waals surface area contributed by atoms with Crippen LogP contribution in [0.1, 0.15) is 18.1 Å². The molecule has 0 bridgehead atoms. The Balaban J connectivity index is 1.65. The van der Waals surface area contributed by atoms with E-state index in [2.05, 4.69) is 21.3 Å². The Kier molecular flexibility index (Phi) is 5.19. The van der Waals surface area contributed by atoms with Gasteiger partial charge < -0.3 is 16.0 Å². The lowest BCUT2D eigenvalue weighted by Gasteiger charge is -2.21. The molecule has 10 heteroatoms. The van der Waals surface area contributed by atoms with Gasteiger partial charge in [-0.1, -0.05) is 18.2 Å². The molecule has 0 aromatic heterocycles. The van der Waals surface area contributed by atoms with Crippen LogP contribution < -0.4 is 21.3 Å². The Hall–Kier alpha value is -3.56. The first-order valence-electron chi connectivity index (χ1n) is 8.53. The fourth-order valence-electron chi connectivity index (χ4n) is 2.85. The molecule has 1 heterocycles. The van der Waals surface area contributed by atoms with E-state index in [-0.39, 0.29) is 12.2 Å². The van der Waals surface area contributed by atoms with E-state index in [1.54, 1.807) is 18.2 Å². The topological polar surface area (TPSA) is 99.3 Å². The number of amides is 4. The molecule has 7 nitrogen and oxygen atoms in total. The number of hydrogen-bond donors (Lipinski definition) is 4. The largest absolute Gasteiger partial charge is 0.416 e. The van der Waals surface area contributed by atoms with Gasteiger partial charge in [0.15, 0.2) is 0 Å². The molecule has 4 amide bonds. The van der Waals surface area contributed by atoms with Crippen LogP contribution in [0.15, 0.2) is 48.5 Å². The van der Waals surface area contributed by atoms with Crippen molar-refractivity contribution in [2.75, 3.05) is 17.2 Å². The number of halogens is 3. The van der Waals surface area contributed by atoms with E-state index in [1.165, 1.54) is 25.1 Å². The first-order valence-corrected chi connectivity index (χ1v) is 8.53. The van der Waals surface area contributed by atoms with Crippen molar-refractivity contribution in [1.82, 2.24) is 10.6 Å². The number of alkyl halides is 3. The normalized spacial score (nSPS) is 18.8. The summed E-state index contributed by atoms with van der Waals surface area (Å²) in [6.07, 6.45) is -4.47. The fourth-order valence-corrected chi connectivity index (χ4v) is 2.85. The van der Waals surface area contributed by atoms with Crippen molar-refractivity contribution in [1.29, 1.82) is 0 Å². The van der Waals surface area contributed by atoms with E-state index in [9.17, 15) is 27.6 Å². The molecular weight excluding hydrogens is 389 g/mol. The molecule has 0 radical (unpaired) electrons. The number of carbonyl (C=O) groups is 3. The Morgan fingerprint density at radius 3 is 2.41 bits per heavy atom. The number of anilines is 2. The average Bonchev–Trinajstić information content (AvgIpc) is 2.92. The van der Waals surface area contributed by atoms with E-state index in [0.717, 1.165) is 12.1 Å². The number of hydrogen-bond acceptors (Lipinski definition) is 4. The highest BCUT2D eigenvalue weighted by molar-refractivity contribution is 6.07. The number of carbonyl (C=O) groups excluding carboxylic acids is 3. The minimum Gasteiger partial charge on any atom is -0.376 e. The van der Waals surface area contributed by atoms with Crippen LogP contribution in [-0.2, 0) is 21.3 Å². The number of imide groups is 1. The maximum absolute atomic E-state index is 12.7. The van der Waals surface area contributed by atoms with Gasteiger partial charge in [-0.2, -0.15) is 13.2 Å². The second-order valence-electron chi connectivity index (χ2n) is 6.59. The molecule has 1 aliphatic rings. The SMILES string of the molecule is CC1(c2cccc(NC(=O)CNc3cccc(C(F)(F)F)c3)c2)NC(=O)NC1=O. The van der Waals surface area contributed by atoms with Crippen molar-refractivity contribution in [2.45, 2.75) is 18.6 Å². The third-order valence-electron chi connectivity index (χ3n) is 4.41. The maximum Gasteiger partial charge on any atom is 0.416 e. The van der Waals surface area contributed by atoms with Gasteiger partial charge in [-0.05, 0) is 42.8 Å². The summed E-state index contributed by atoms with van der Waals surface area (Å²) >= 11 is 0. The van der Waals surface area contributed by atoms with Gasteiger partial charge >= 0.3 is 12.2 Å². The lowest BCUT2D eigenvalue weighted by molar-refractivity contribution is -0.137. The van der Waals surface area contributed by atoms with Crippen molar-refractivity contribution >= 4 is 29.2 Å². The Morgan fingerprint density at radius 2 is 1.76 bits per heavy atom. The van der Waals surface area contributed by atoms with Crippen LogP contribution in [-0.4, -0.2) is 24.4 Å². The van der Waals surface area contributed by atoms with Crippen LogP contribution in [0.2, 0.25) is 0 Å². The second kappa shape index (κ2) is 7.46. The first-order chi connectivity index (χ1) is 13.6. The average molecular weight is 406 g/mol. The van der Waals surface area contributed by atoms with Crippen molar-refractivity contribution < 1.29 is 27.6 Å². The van der Waals surface area contributed by atoms with Crippen LogP contribution in [0.5, 0.6) is 0 Å². The van der Waals surface area contributed by atoms with Crippen LogP contribution in [0.3, 0.4) is 0 Å². The van der Waals surface area contributed by atoms with Gasteiger partial charge in [0.05, 0.1) is 12.1 Å². The van der Waals surface area contributed by atoms with Crippen LogP contribution in [0.25, 0.3) is 0 Å². The summed E-state index contributed by atoms with van der Waals surface area (Å²) in [7, 11) is 0. The molecular formula is C19H17F3N4O3. The quantitative estimate of drug-likeness (QED) is 0.574. The van der Waals surface area contributed by atoms with Crippen LogP contribution in [0.4, 0.5) is 29.3 Å². The van der Waals surface area contributed by atoms with E-state index in [0.29, 0.717) is 11.3 Å². The standard InChI is InChI=1S/C19H17F3N4O3/c1-18(16(28)25-17(29)26-18)11-4-2-7-14(8-11)24-15(27)10-23-13-6-3-5-12(9-13)19(20,21)22/h2-9,23H,10H2,1H3,(H,24,27)(H2,25,26,28,29). The molecule has 3 rings (SSSR count). The van der Waals surface area contributed by atoms with Crippen molar-refractivity contribution in [3.05, 3.63) is 59.7 Å². The molecule has 152 valence electrons. The highest BCUT2D eigenvalue weighted by atomic mass is 19.4. The van der Waals surface area contributed by atoms with E-state index in [1.807, 2.05) is 0 Å². The smallest absolute Gasteiger partial charge is 0.376 e. The zero-order chi connectivity index (χ0) is 21.2. The highest BCUT2D eigenvalue weighted by Crippen LogP contribution is 2.30. The number of benzene rings is 2. The lowest BCUT2D eigenvalue weighted by Crippen LogP contribution is -2.40. The van der Waals surface area contributed by atoms with E-state index >= 15 is 0 Å². The minimum absolute atomic E-state index is 0.154. The molecule has 1 atom stereocenters. The molecule has 1 unspecified atom stereocenters. The Morgan fingerprint density at radius 1 is 1.07 bits per heavy atom. The van der Waals surface area contributed by atoms with Crippen molar-refractivity contribution in [3.8, 4) is 0 Å². The summed E-state index contributed by atoms with van der Waals surface area (Å²) in [4.78, 5) is 35.6. The molecule has 4 N–H and O–H groups in total. The predicted octanol–water partition coefficient (Wildman–Crippen LogP) is 2.81. The molecule has 0 saturated carbocycles. The molecule has 0 aliphatic carbocycles. The molecule has 2 aromatic rings. The molecule has 29 heavy (non-hydrogen) atoms. The summed E-state index contributed by atoms with van der Waals surface area (Å²) in [6, 6.07) is 10.3. The summed E-state index contributed by atoms with van der Waals surface area (Å²) in [6.45, 7) is 1.27. The molecule has 2 aromatic carbocycles. The number of urea groups is 1. The van der Waals surface area contributed by atoms with Crippen molar-refractivity contribution in [3.63, 3.8) is 0 Å². The van der Waals surface area contributed by atoms with Gasteiger partial charge in [-0.3, -0.25) is 14.9 Å². The minimum atomic E-state index is -4.47. The van der Waals surface area contributed by atoms with Gasteiger partial charge in [0.1, 0.15) is 5.54 Å². The molecule has 1 fully saturated rings. The van der Waals surface area contributed by atoms with Gasteiger partial charge in [-0.15, -0.1) is 0 Å². The third-order valence-corrected chi connectivity index (χ3v) is 4.41. The van der Waals surface area contributed by atoms with Gasteiger partial charge in [0.2, 0.25) is 5.91 Å². The van der Waals surface area contributed by atoms with Crippen LogP contribution in [0, 0.1) is 0 Å². The lowest BCUT2D eigenvalue weighted by atomic mass is 9.92. The summed E-state index contributed by atoms with van der Waals surface area (Å²) < 4.78 is 38.2. The van der Waals surface area contributed by atoms with Crippen LogP contribution >= 0.6 is 0 Å². The highest BCUT2D eigenvalue weighted by Gasteiger charge is 2.43. The maximum atomic E-state index is 12.7. The number of nitrogens with one attached hydrogen (secondary N) is 4. The Labute approximate surface area is 163 Å². The molecule has 1 aliphatic heterocycles. The summed E-state index contributed by atoms with van der Waals surface area (Å²) in [5, 5.41) is 9.91. The zero-order valence-electron chi connectivity index (χ0n) is 15.2. The fraction of sp³-hybridized carbons (Fsp3) is 0.211. The second-order valence-corrected chi connectivity index (χ2v) is 6.59. The van der Waals surface area contributed by atoms with Gasteiger partial charge in [-0.25, -0.2) is 4.79 Å². The molecule has 0 spiro atoms. The van der Waals surface area contributed by atoms with Gasteiger partial charge in [0.25, 0.3) is 5.91 Å². The van der Waals surface area contributed by atoms with E-state index in [4.69, 9.17) is 0 Å². The summed E-state index contributed by atoms with van der Waals surface area (Å²) in [5.41, 5.74) is -1.10. The van der Waals surface area contributed by atoms with E-state index < -0.39 is 35.1 Å². The monoisotopic (exact) mass is 406 g/mol. The molecule has 1 saturated heterocycles. The first kappa shape index (κ1) is 20.2. The number of rotatable bonds is 5. The summed E-state index contributed by atoms with van der Waals surface area (Å²) in [5.74, 6) is -1.01. The van der Waals surface area contributed by atoms with Gasteiger partial charge in [0, 0.05) is 11.4 Å². The third kappa shape index (κ3) is 4.48. The predicted molar refractivity (Wildman–Crippen MR) is 99.0 cm³/mol. The van der Waals surface area contributed by atoms with Crippen molar-refractivity contribution in [2.24, 2.45) is 0 Å².